The lowest BCUT2D eigenvalue weighted by molar-refractivity contribution is 0.0971. The van der Waals surface area contributed by atoms with Crippen LogP contribution in [0.5, 0.6) is 0 Å². The third-order valence-corrected chi connectivity index (χ3v) is 5.35. The number of hydrogen-bond acceptors (Lipinski definition) is 9. The number of halogens is 1. The summed E-state index contributed by atoms with van der Waals surface area (Å²) in [5.74, 6) is -0.480. The molecular weight excluding hydrogens is 434 g/mol. The monoisotopic (exact) mass is 467 g/mol. The van der Waals surface area contributed by atoms with Gasteiger partial charge >= 0.3 is 0 Å². The van der Waals surface area contributed by atoms with Gasteiger partial charge in [0.15, 0.2) is 28.4 Å². The van der Waals surface area contributed by atoms with Gasteiger partial charge in [-0.2, -0.15) is 0 Å². The summed E-state index contributed by atoms with van der Waals surface area (Å²) >= 11 is 5.78. The molecule has 0 radical (unpaired) electrons. The van der Waals surface area contributed by atoms with Gasteiger partial charge in [0.25, 0.3) is 5.91 Å². The van der Waals surface area contributed by atoms with Crippen LogP contribution in [0.4, 0.5) is 11.6 Å². The van der Waals surface area contributed by atoms with Crippen LogP contribution in [0.1, 0.15) is 36.7 Å². The van der Waals surface area contributed by atoms with Gasteiger partial charge in [0.1, 0.15) is 0 Å². The molecule has 0 aromatic carbocycles. The van der Waals surface area contributed by atoms with E-state index in [4.69, 9.17) is 33.9 Å². The number of amides is 1. The molecule has 1 aromatic rings. The minimum Gasteiger partial charge on any atom is -0.382 e. The Morgan fingerprint density at radius 2 is 1.56 bits per heavy atom. The first kappa shape index (κ1) is 25.6. The number of guanidine groups is 1. The number of aromatic nitrogens is 2. The molecule has 0 spiro atoms. The Hall–Kier alpha value is -2.70. The summed E-state index contributed by atoms with van der Waals surface area (Å²) in [6, 6.07) is 0. The summed E-state index contributed by atoms with van der Waals surface area (Å²) < 4.78 is 0. The quantitative estimate of drug-likeness (QED) is 0.140. The van der Waals surface area contributed by atoms with Gasteiger partial charge < -0.3 is 31.9 Å². The highest BCUT2D eigenvalue weighted by Gasteiger charge is 2.17. The van der Waals surface area contributed by atoms with Gasteiger partial charge in [0, 0.05) is 39.3 Å². The summed E-state index contributed by atoms with van der Waals surface area (Å²) in [6.45, 7) is 9.52. The Morgan fingerprint density at radius 1 is 0.969 bits per heavy atom. The minimum absolute atomic E-state index is 0.0539. The molecule has 1 amide bonds. The van der Waals surface area contributed by atoms with E-state index in [1.165, 1.54) is 0 Å². The van der Waals surface area contributed by atoms with Crippen molar-refractivity contribution in [2.24, 2.45) is 0 Å². The molecule has 32 heavy (non-hydrogen) atoms. The predicted octanol–water partition coefficient (Wildman–Crippen LogP) is -0.0768. The zero-order valence-corrected chi connectivity index (χ0v) is 19.3. The van der Waals surface area contributed by atoms with E-state index in [1.54, 1.807) is 6.92 Å². The molecule has 0 bridgehead atoms. The molecule has 2 heterocycles. The molecular formula is C19H34ClN11O. The van der Waals surface area contributed by atoms with Gasteiger partial charge in [0.2, 0.25) is 0 Å². The zero-order chi connectivity index (χ0) is 23.5. The first-order chi connectivity index (χ1) is 15.3. The molecule has 1 aliphatic rings. The van der Waals surface area contributed by atoms with Gasteiger partial charge in [-0.05, 0) is 39.3 Å². The maximum absolute atomic E-state index is 12.2. The van der Waals surface area contributed by atoms with Gasteiger partial charge in [-0.3, -0.25) is 20.9 Å². The Labute approximate surface area is 193 Å². The van der Waals surface area contributed by atoms with Gasteiger partial charge in [-0.1, -0.05) is 11.6 Å². The van der Waals surface area contributed by atoms with Gasteiger partial charge in [-0.25, -0.2) is 9.97 Å². The number of amidine groups is 1. The van der Waals surface area contributed by atoms with Crippen LogP contribution in [-0.4, -0.2) is 89.8 Å². The summed E-state index contributed by atoms with van der Waals surface area (Å²) in [5.41, 5.74) is 11.0. The second-order valence-electron chi connectivity index (χ2n) is 7.69. The van der Waals surface area contributed by atoms with Crippen LogP contribution >= 0.6 is 11.6 Å². The Kier molecular flexibility index (Phi) is 10.4. The van der Waals surface area contributed by atoms with Crippen LogP contribution in [0.25, 0.3) is 0 Å². The number of anilines is 2. The maximum atomic E-state index is 12.2. The van der Waals surface area contributed by atoms with Gasteiger partial charge in [0.05, 0.1) is 5.84 Å². The third-order valence-electron chi connectivity index (χ3n) is 5.07. The standard InChI is InChI=1S/C19H34ClN11O/c1-13(21)25-6-4-8-31-11-9-30(10-12-31)7-3-2-5-26-19(24)29-18(32)14-16(22)28-17(23)15(20)27-14/h2-12H2,1H3,(H2,21,25)(H4,22,23,28)(H3,24,26,29,32). The molecule has 0 unspecified atom stereocenters. The van der Waals surface area contributed by atoms with E-state index in [9.17, 15) is 4.79 Å². The van der Waals surface area contributed by atoms with E-state index in [-0.39, 0.29) is 28.4 Å². The van der Waals surface area contributed by atoms with Crippen molar-refractivity contribution in [3.8, 4) is 0 Å². The lowest BCUT2D eigenvalue weighted by Gasteiger charge is -2.34. The van der Waals surface area contributed by atoms with Crippen molar-refractivity contribution >= 4 is 40.9 Å². The highest BCUT2D eigenvalue weighted by Crippen LogP contribution is 2.17. The van der Waals surface area contributed by atoms with Crippen LogP contribution < -0.4 is 27.4 Å². The highest BCUT2D eigenvalue weighted by molar-refractivity contribution is 6.31. The first-order valence-electron chi connectivity index (χ1n) is 10.7. The van der Waals surface area contributed by atoms with Crippen molar-refractivity contribution in [3.05, 3.63) is 10.8 Å². The fourth-order valence-corrected chi connectivity index (χ4v) is 3.44. The molecule has 12 nitrogen and oxygen atoms in total. The molecule has 1 aromatic heterocycles. The molecule has 1 fully saturated rings. The summed E-state index contributed by atoms with van der Waals surface area (Å²) in [4.78, 5) is 24.7. The molecule has 1 aliphatic heterocycles. The average molecular weight is 468 g/mol. The second kappa shape index (κ2) is 13.0. The molecule has 0 saturated carbocycles. The van der Waals surface area contributed by atoms with E-state index in [0.29, 0.717) is 12.4 Å². The first-order valence-corrected chi connectivity index (χ1v) is 11.1. The molecule has 178 valence electrons. The summed E-state index contributed by atoms with van der Waals surface area (Å²) in [6.07, 6.45) is 2.93. The second-order valence-corrected chi connectivity index (χ2v) is 8.04. The third kappa shape index (κ3) is 8.81. The van der Waals surface area contributed by atoms with Crippen molar-refractivity contribution in [1.82, 2.24) is 35.7 Å². The number of nitrogens with zero attached hydrogens (tertiary/aromatic N) is 4. The highest BCUT2D eigenvalue weighted by atomic mass is 35.5. The number of piperazine rings is 1. The number of nitrogen functional groups attached to an aromatic ring is 2. The van der Waals surface area contributed by atoms with Crippen LogP contribution in [0.2, 0.25) is 5.15 Å². The molecule has 1 saturated heterocycles. The van der Waals surface area contributed by atoms with Crippen LogP contribution in [0.3, 0.4) is 0 Å². The maximum Gasteiger partial charge on any atom is 0.280 e. The lowest BCUT2D eigenvalue weighted by Crippen LogP contribution is -2.47. The van der Waals surface area contributed by atoms with Crippen LogP contribution in [0, 0.1) is 10.8 Å². The number of unbranched alkanes of at least 4 members (excludes halogenated alkanes) is 1. The van der Waals surface area contributed by atoms with Crippen LogP contribution in [0.15, 0.2) is 0 Å². The normalized spacial score (nSPS) is 14.7. The Balaban J connectivity index is 1.55. The van der Waals surface area contributed by atoms with E-state index < -0.39 is 5.91 Å². The van der Waals surface area contributed by atoms with E-state index >= 15 is 0 Å². The summed E-state index contributed by atoms with van der Waals surface area (Å²) in [5, 5.41) is 23.4. The minimum atomic E-state index is -0.670. The molecule has 0 aliphatic carbocycles. The fourth-order valence-electron chi connectivity index (χ4n) is 3.31. The van der Waals surface area contributed by atoms with E-state index in [2.05, 4.69) is 35.7 Å². The SMILES string of the molecule is CC(=N)NCCCN1CCN(CCCCNC(=N)NC(=O)c2nc(Cl)c(N)nc2N)CC1. The summed E-state index contributed by atoms with van der Waals surface area (Å²) in [7, 11) is 0. The average Bonchev–Trinajstić information content (AvgIpc) is 2.74. The van der Waals surface area contributed by atoms with Crippen molar-refractivity contribution in [3.63, 3.8) is 0 Å². The molecule has 13 heteroatoms. The Morgan fingerprint density at radius 3 is 2.19 bits per heavy atom. The number of hydrogen-bond donors (Lipinski definition) is 7. The number of nitrogens with one attached hydrogen (secondary N) is 5. The molecule has 9 N–H and O–H groups in total. The zero-order valence-electron chi connectivity index (χ0n) is 18.5. The number of carbonyl (C=O) groups excluding carboxylic acids is 1. The van der Waals surface area contributed by atoms with Crippen molar-refractivity contribution in [2.75, 3.05) is 63.8 Å². The number of rotatable bonds is 10. The fraction of sp³-hybridized carbons (Fsp3) is 0.632. The van der Waals surface area contributed by atoms with Crippen molar-refractivity contribution in [1.29, 1.82) is 10.8 Å². The Bertz CT molecular complexity index is 796. The number of nitrogens with two attached hydrogens (primary N) is 2. The lowest BCUT2D eigenvalue weighted by atomic mass is 10.2. The topological polar surface area (TPSA) is 185 Å². The molecule has 2 rings (SSSR count). The predicted molar refractivity (Wildman–Crippen MR) is 127 cm³/mol. The largest absolute Gasteiger partial charge is 0.382 e. The van der Waals surface area contributed by atoms with E-state index in [0.717, 1.165) is 65.1 Å². The number of carbonyl (C=O) groups is 1. The van der Waals surface area contributed by atoms with E-state index in [1.807, 2.05) is 0 Å². The van der Waals surface area contributed by atoms with Gasteiger partial charge in [-0.15, -0.1) is 0 Å². The molecule has 0 atom stereocenters. The van der Waals surface area contributed by atoms with Crippen molar-refractivity contribution in [2.45, 2.75) is 26.2 Å². The smallest absolute Gasteiger partial charge is 0.280 e. The van der Waals surface area contributed by atoms with Crippen LogP contribution in [-0.2, 0) is 0 Å². The van der Waals surface area contributed by atoms with Crippen molar-refractivity contribution < 1.29 is 4.79 Å².